The van der Waals surface area contributed by atoms with E-state index in [9.17, 15) is 0 Å². The summed E-state index contributed by atoms with van der Waals surface area (Å²) in [5.74, 6) is 0.695. The molecule has 1 aromatic heterocycles. The molecule has 0 amide bonds. The number of hydrogen-bond acceptors (Lipinski definition) is 2. The van der Waals surface area contributed by atoms with Gasteiger partial charge in [0.25, 0.3) is 0 Å². The van der Waals surface area contributed by atoms with Gasteiger partial charge in [-0.2, -0.15) is 0 Å². The van der Waals surface area contributed by atoms with Crippen molar-refractivity contribution in [2.75, 3.05) is 0 Å². The van der Waals surface area contributed by atoms with E-state index in [0.717, 1.165) is 44.6 Å². The van der Waals surface area contributed by atoms with Crippen LogP contribution < -0.4 is 0 Å². The molecule has 10 aromatic carbocycles. The maximum absolute atomic E-state index is 5.33. The fourth-order valence-electron chi connectivity index (χ4n) is 10.3. The van der Waals surface area contributed by atoms with Crippen LogP contribution in [0.2, 0.25) is 0 Å². The molecule has 0 atom stereocenters. The summed E-state index contributed by atoms with van der Waals surface area (Å²) in [6.07, 6.45) is 0. The van der Waals surface area contributed by atoms with E-state index in [0.29, 0.717) is 5.82 Å². The Bertz CT molecular complexity index is 3470. The molecule has 12 rings (SSSR count). The average Bonchev–Trinajstić information content (AvgIpc) is 3.69. The molecular weight excluding hydrogens is 785 g/mol. The highest BCUT2D eigenvalue weighted by Gasteiger charge is 2.46. The number of fused-ring (bicyclic) bond motifs is 4. The second-order valence-electron chi connectivity index (χ2n) is 16.8. The van der Waals surface area contributed by atoms with Gasteiger partial charge in [-0.05, 0) is 95.7 Å². The van der Waals surface area contributed by atoms with Crippen molar-refractivity contribution in [1.29, 1.82) is 0 Å². The van der Waals surface area contributed by atoms with Gasteiger partial charge in [0.15, 0.2) is 5.82 Å². The smallest absolute Gasteiger partial charge is 0.160 e. The quantitative estimate of drug-likeness (QED) is 0.152. The summed E-state index contributed by atoms with van der Waals surface area (Å²) in [5.41, 5.74) is 19.0. The first-order chi connectivity index (χ1) is 32.2. The fraction of sp³-hybridized carbons (Fsp3) is 0.0159. The molecule has 0 spiro atoms. The van der Waals surface area contributed by atoms with Crippen LogP contribution in [-0.4, -0.2) is 9.97 Å². The SMILES string of the molecule is c1ccc(-c2ccc3c(c2)C(c2ccccc2)(c2ccccc2)c2cc(-c4ccc(-c5cc(-c6ccccc6-c6ccccc6)nc(-c6ccccc6)n5)c5ccccc45)ccc2-3)cc1. The topological polar surface area (TPSA) is 25.8 Å². The van der Waals surface area contributed by atoms with Crippen molar-refractivity contribution in [3.8, 4) is 78.4 Å². The van der Waals surface area contributed by atoms with Gasteiger partial charge in [-0.25, -0.2) is 9.97 Å². The normalized spacial score (nSPS) is 12.4. The lowest BCUT2D eigenvalue weighted by Crippen LogP contribution is -2.28. The average molecular weight is 827 g/mol. The molecule has 0 bridgehead atoms. The van der Waals surface area contributed by atoms with E-state index in [-0.39, 0.29) is 0 Å². The van der Waals surface area contributed by atoms with Gasteiger partial charge in [0.2, 0.25) is 0 Å². The van der Waals surface area contributed by atoms with Gasteiger partial charge in [0.05, 0.1) is 16.8 Å². The van der Waals surface area contributed by atoms with Crippen molar-refractivity contribution in [1.82, 2.24) is 9.97 Å². The van der Waals surface area contributed by atoms with E-state index >= 15 is 0 Å². The van der Waals surface area contributed by atoms with Gasteiger partial charge in [0.1, 0.15) is 0 Å². The first kappa shape index (κ1) is 38.2. The molecule has 1 aliphatic rings. The van der Waals surface area contributed by atoms with Crippen LogP contribution in [0.3, 0.4) is 0 Å². The molecular formula is C63H42N2. The minimum Gasteiger partial charge on any atom is -0.228 e. The molecule has 0 unspecified atom stereocenters. The van der Waals surface area contributed by atoms with Crippen molar-refractivity contribution in [3.63, 3.8) is 0 Å². The van der Waals surface area contributed by atoms with Crippen molar-refractivity contribution >= 4 is 10.8 Å². The first-order valence-corrected chi connectivity index (χ1v) is 22.3. The van der Waals surface area contributed by atoms with E-state index in [1.807, 2.05) is 6.07 Å². The highest BCUT2D eigenvalue weighted by Crippen LogP contribution is 2.57. The lowest BCUT2D eigenvalue weighted by atomic mass is 9.67. The molecule has 1 heterocycles. The molecule has 304 valence electrons. The second-order valence-corrected chi connectivity index (χ2v) is 16.8. The first-order valence-electron chi connectivity index (χ1n) is 22.3. The Morgan fingerprint density at radius 1 is 0.246 bits per heavy atom. The van der Waals surface area contributed by atoms with Gasteiger partial charge in [-0.1, -0.05) is 237 Å². The van der Waals surface area contributed by atoms with E-state index in [1.54, 1.807) is 0 Å². The highest BCUT2D eigenvalue weighted by molar-refractivity contribution is 6.05. The molecule has 0 saturated carbocycles. The van der Waals surface area contributed by atoms with E-state index in [1.165, 1.54) is 61.0 Å². The lowest BCUT2D eigenvalue weighted by Gasteiger charge is -2.34. The number of benzene rings is 10. The number of rotatable bonds is 8. The van der Waals surface area contributed by atoms with Crippen LogP contribution in [0.1, 0.15) is 22.3 Å². The predicted octanol–water partition coefficient (Wildman–Crippen LogP) is 16.0. The molecule has 65 heavy (non-hydrogen) atoms. The third-order valence-corrected chi connectivity index (χ3v) is 13.2. The Balaban J connectivity index is 1.06. The molecule has 0 N–H and O–H groups in total. The molecule has 0 saturated heterocycles. The maximum Gasteiger partial charge on any atom is 0.160 e. The minimum absolute atomic E-state index is 0.551. The van der Waals surface area contributed by atoms with Crippen molar-refractivity contribution in [2.24, 2.45) is 0 Å². The van der Waals surface area contributed by atoms with E-state index in [4.69, 9.17) is 9.97 Å². The van der Waals surface area contributed by atoms with Gasteiger partial charge in [-0.15, -0.1) is 0 Å². The van der Waals surface area contributed by atoms with Crippen LogP contribution in [0.5, 0.6) is 0 Å². The number of nitrogens with zero attached hydrogens (tertiary/aromatic N) is 2. The summed E-state index contributed by atoms with van der Waals surface area (Å²) in [4.78, 5) is 10.6. The molecule has 0 fully saturated rings. The van der Waals surface area contributed by atoms with Crippen molar-refractivity contribution in [2.45, 2.75) is 5.41 Å². The zero-order valence-electron chi connectivity index (χ0n) is 35.6. The standard InChI is InChI=1S/C63H42N2/c1-6-20-43(21-7-1)46-34-36-54-55-37-35-47(41-59(55)63(58(54)40-46,48-26-12-4-13-27-48)49-28-14-5-15-29-49)51-38-39-57(53-32-18-17-31-52(51)53)61-42-60(64-62(65-61)45-24-10-3-11-25-45)56-33-19-16-30-50(56)44-22-8-2-9-23-44/h1-42H. The monoisotopic (exact) mass is 826 g/mol. The Hall–Kier alpha value is -8.46. The van der Waals surface area contributed by atoms with Crippen molar-refractivity contribution < 1.29 is 0 Å². The van der Waals surface area contributed by atoms with E-state index < -0.39 is 5.41 Å². The van der Waals surface area contributed by atoms with Crippen LogP contribution in [0.25, 0.3) is 89.2 Å². The van der Waals surface area contributed by atoms with E-state index in [2.05, 4.69) is 249 Å². The van der Waals surface area contributed by atoms with Gasteiger partial charge >= 0.3 is 0 Å². The molecule has 11 aromatic rings. The van der Waals surface area contributed by atoms with Crippen LogP contribution in [0, 0.1) is 0 Å². The Morgan fingerprint density at radius 2 is 0.662 bits per heavy atom. The molecule has 0 aliphatic heterocycles. The molecule has 1 aliphatic carbocycles. The Labute approximate surface area is 379 Å². The zero-order chi connectivity index (χ0) is 43.2. The van der Waals surface area contributed by atoms with Crippen LogP contribution >= 0.6 is 0 Å². The third kappa shape index (κ3) is 6.50. The van der Waals surface area contributed by atoms with Crippen LogP contribution in [0.15, 0.2) is 255 Å². The molecule has 2 heteroatoms. The largest absolute Gasteiger partial charge is 0.228 e. The van der Waals surface area contributed by atoms with Crippen molar-refractivity contribution in [3.05, 3.63) is 277 Å². The van der Waals surface area contributed by atoms with Crippen LogP contribution in [-0.2, 0) is 5.41 Å². The Morgan fingerprint density at radius 3 is 1.26 bits per heavy atom. The minimum atomic E-state index is -0.551. The zero-order valence-corrected chi connectivity index (χ0v) is 35.6. The highest BCUT2D eigenvalue weighted by atomic mass is 14.9. The van der Waals surface area contributed by atoms with Gasteiger partial charge in [0, 0.05) is 16.7 Å². The summed E-state index contributed by atoms with van der Waals surface area (Å²) in [7, 11) is 0. The number of hydrogen-bond donors (Lipinski definition) is 0. The number of aromatic nitrogens is 2. The third-order valence-electron chi connectivity index (χ3n) is 13.2. The van der Waals surface area contributed by atoms with Gasteiger partial charge < -0.3 is 0 Å². The Kier molecular flexibility index (Phi) is 9.43. The summed E-state index contributed by atoms with van der Waals surface area (Å²) in [6.45, 7) is 0. The summed E-state index contributed by atoms with van der Waals surface area (Å²) in [6, 6.07) is 92.0. The fourth-order valence-corrected chi connectivity index (χ4v) is 10.3. The summed E-state index contributed by atoms with van der Waals surface area (Å²) < 4.78 is 0. The maximum atomic E-state index is 5.33. The summed E-state index contributed by atoms with van der Waals surface area (Å²) >= 11 is 0. The van der Waals surface area contributed by atoms with Gasteiger partial charge in [-0.3, -0.25) is 0 Å². The summed E-state index contributed by atoms with van der Waals surface area (Å²) in [5, 5.41) is 2.31. The lowest BCUT2D eigenvalue weighted by molar-refractivity contribution is 0.769. The predicted molar refractivity (Wildman–Crippen MR) is 269 cm³/mol. The van der Waals surface area contributed by atoms with Crippen LogP contribution in [0.4, 0.5) is 0 Å². The second kappa shape index (κ2) is 16.0. The molecule has 2 nitrogen and oxygen atoms in total. The molecule has 0 radical (unpaired) electrons.